The molecule has 43 heavy (non-hydrogen) atoms. The second-order valence-corrected chi connectivity index (χ2v) is 13.4. The molecule has 3 atom stereocenters. The highest BCUT2D eigenvalue weighted by molar-refractivity contribution is 7.51. The third-order valence-electron chi connectivity index (χ3n) is 8.64. The first-order valence-corrected chi connectivity index (χ1v) is 15.9. The summed E-state index contributed by atoms with van der Waals surface area (Å²) in [6, 6.07) is 12.5. The zero-order valence-corrected chi connectivity index (χ0v) is 24.6. The molecule has 2 aliphatic rings. The summed E-state index contributed by atoms with van der Waals surface area (Å²) < 4.78 is 17.1. The molecule has 5 aromatic rings. The predicted octanol–water partition coefficient (Wildman–Crippen LogP) is 4.92. The first-order valence-electron chi connectivity index (χ1n) is 13.9. The Hall–Kier alpha value is -4.21. The highest BCUT2D eigenvalue weighted by Gasteiger charge is 2.42. The van der Waals surface area contributed by atoms with E-state index in [1.807, 2.05) is 12.1 Å². The van der Waals surface area contributed by atoms with Gasteiger partial charge in [-0.15, -0.1) is 0 Å². The van der Waals surface area contributed by atoms with Crippen molar-refractivity contribution in [3.8, 4) is 0 Å². The van der Waals surface area contributed by atoms with Crippen molar-refractivity contribution in [2.45, 2.75) is 39.0 Å². The van der Waals surface area contributed by atoms with Crippen LogP contribution in [0.25, 0.3) is 43.1 Å². The summed E-state index contributed by atoms with van der Waals surface area (Å²) in [6.45, 7) is 5.35. The van der Waals surface area contributed by atoms with E-state index in [0.717, 1.165) is 38.5 Å². The summed E-state index contributed by atoms with van der Waals surface area (Å²) in [6.07, 6.45) is -1.11. The molecule has 0 radical (unpaired) electrons. The third kappa shape index (κ3) is 3.67. The second-order valence-electron chi connectivity index (χ2n) is 11.6. The molecule has 218 valence electrons. The molecule has 4 amide bonds. The lowest BCUT2D eigenvalue weighted by Gasteiger charge is -2.36. The van der Waals surface area contributed by atoms with E-state index in [0.29, 0.717) is 27.3 Å². The van der Waals surface area contributed by atoms with E-state index >= 15 is 0 Å². The SMILES string of the molecule is CC(C)N1C(=O)c2ccc3c4ccc5c6c(ccc(c7ccc(c2c37)C1=O)c64)C(=O)N([C@@H](CO)[C@H](C)OP(C)(=O)O)C5=O. The van der Waals surface area contributed by atoms with Gasteiger partial charge in [0.2, 0.25) is 0 Å². The second kappa shape index (κ2) is 9.14. The number of hydrogen-bond donors (Lipinski definition) is 2. The number of carbonyl (C=O) groups is 4. The zero-order chi connectivity index (χ0) is 30.7. The van der Waals surface area contributed by atoms with Crippen LogP contribution in [-0.4, -0.2) is 74.9 Å². The minimum absolute atomic E-state index is 0.247. The van der Waals surface area contributed by atoms with Crippen molar-refractivity contribution in [2.24, 2.45) is 0 Å². The van der Waals surface area contributed by atoms with Crippen molar-refractivity contribution < 1.29 is 38.3 Å². The maximum absolute atomic E-state index is 13.9. The average molecular weight is 599 g/mol. The Morgan fingerprint density at radius 3 is 1.30 bits per heavy atom. The lowest BCUT2D eigenvalue weighted by atomic mass is 9.82. The van der Waals surface area contributed by atoms with Gasteiger partial charge in [-0.2, -0.15) is 0 Å². The Morgan fingerprint density at radius 2 is 1.00 bits per heavy atom. The van der Waals surface area contributed by atoms with Crippen LogP contribution < -0.4 is 0 Å². The minimum atomic E-state index is -3.98. The van der Waals surface area contributed by atoms with Gasteiger partial charge in [0.15, 0.2) is 0 Å². The molecule has 0 aromatic heterocycles. The average Bonchev–Trinajstić information content (AvgIpc) is 2.94. The van der Waals surface area contributed by atoms with E-state index in [1.54, 1.807) is 50.2 Å². The van der Waals surface area contributed by atoms with E-state index in [9.17, 15) is 33.7 Å². The number of imide groups is 2. The van der Waals surface area contributed by atoms with Crippen LogP contribution in [0.4, 0.5) is 0 Å². The van der Waals surface area contributed by atoms with Gasteiger partial charge in [-0.3, -0.25) is 33.5 Å². The molecule has 5 aromatic carbocycles. The van der Waals surface area contributed by atoms with Gasteiger partial charge in [-0.05, 0) is 77.4 Å². The molecule has 2 heterocycles. The normalized spacial score (nSPS) is 18.1. The highest BCUT2D eigenvalue weighted by atomic mass is 31.2. The number of fused-ring (bicyclic) bond motifs is 2. The lowest BCUT2D eigenvalue weighted by Crippen LogP contribution is -2.53. The van der Waals surface area contributed by atoms with Gasteiger partial charge in [0.05, 0.1) is 18.8 Å². The summed E-state index contributed by atoms with van der Waals surface area (Å²) in [4.78, 5) is 66.5. The number of aliphatic hydroxyl groups is 1. The number of nitrogens with zero attached hydrogens (tertiary/aromatic N) is 2. The smallest absolute Gasteiger partial charge is 0.325 e. The number of aliphatic hydroxyl groups excluding tert-OH is 1. The number of benzene rings is 5. The van der Waals surface area contributed by atoms with Crippen LogP contribution in [0, 0.1) is 0 Å². The first kappa shape index (κ1) is 27.6. The van der Waals surface area contributed by atoms with Crippen LogP contribution >= 0.6 is 7.60 Å². The minimum Gasteiger partial charge on any atom is -0.394 e. The van der Waals surface area contributed by atoms with Gasteiger partial charge >= 0.3 is 7.60 Å². The maximum Gasteiger partial charge on any atom is 0.325 e. The molecule has 2 aliphatic heterocycles. The van der Waals surface area contributed by atoms with Gasteiger partial charge in [0.25, 0.3) is 23.6 Å². The Morgan fingerprint density at radius 1 is 0.651 bits per heavy atom. The van der Waals surface area contributed by atoms with Crippen LogP contribution in [0.15, 0.2) is 48.5 Å². The van der Waals surface area contributed by atoms with Crippen molar-refractivity contribution in [1.82, 2.24) is 9.80 Å². The summed E-state index contributed by atoms with van der Waals surface area (Å²) in [5.41, 5.74) is 1.39. The number of rotatable bonds is 6. The summed E-state index contributed by atoms with van der Waals surface area (Å²) in [7, 11) is -3.98. The largest absolute Gasteiger partial charge is 0.394 e. The molecule has 11 heteroatoms. The van der Waals surface area contributed by atoms with Crippen LogP contribution in [-0.2, 0) is 9.09 Å². The standard InChI is InChI=1S/C32H27N2O8P/c1-14(2)33-29(36)20-9-5-16-18-7-11-22-28-23(32(39)34(31(22)38)24(13-35)15(3)42-43(4,40)41)12-8-19(26(18)28)17-6-10-21(30(33)37)27(20)25(16)17/h5-12,14-15,24,35H,13H2,1-4H3,(H,40,41)/t15-,24-/m0/s1. The third-order valence-corrected chi connectivity index (χ3v) is 9.36. The van der Waals surface area contributed by atoms with E-state index in [4.69, 9.17) is 4.52 Å². The maximum atomic E-state index is 13.9. The molecule has 0 aliphatic carbocycles. The van der Waals surface area contributed by atoms with Gasteiger partial charge in [0, 0.05) is 45.7 Å². The van der Waals surface area contributed by atoms with Crippen LogP contribution in [0.3, 0.4) is 0 Å². The van der Waals surface area contributed by atoms with Crippen molar-refractivity contribution in [3.63, 3.8) is 0 Å². The molecule has 0 spiro atoms. The quantitative estimate of drug-likeness (QED) is 0.121. The van der Waals surface area contributed by atoms with Crippen LogP contribution in [0.5, 0.6) is 0 Å². The van der Waals surface area contributed by atoms with Gasteiger partial charge in [0.1, 0.15) is 0 Å². The van der Waals surface area contributed by atoms with Gasteiger partial charge in [-0.25, -0.2) is 0 Å². The van der Waals surface area contributed by atoms with Crippen LogP contribution in [0.2, 0.25) is 0 Å². The molecule has 0 fully saturated rings. The van der Waals surface area contributed by atoms with Gasteiger partial charge < -0.3 is 14.5 Å². The summed E-state index contributed by atoms with van der Waals surface area (Å²) in [5.74, 6) is -2.00. The first-order chi connectivity index (χ1) is 20.4. The molecule has 0 saturated heterocycles. The fourth-order valence-electron chi connectivity index (χ4n) is 6.89. The molecule has 0 bridgehead atoms. The molecular weight excluding hydrogens is 571 g/mol. The predicted molar refractivity (Wildman–Crippen MR) is 161 cm³/mol. The summed E-state index contributed by atoms with van der Waals surface area (Å²) in [5, 5.41) is 15.8. The fraction of sp³-hybridized carbons (Fsp3) is 0.250. The molecule has 2 N–H and O–H groups in total. The number of amides is 4. The Kier molecular flexibility index (Phi) is 5.87. The molecular formula is C32H27N2O8P. The number of hydrogen-bond acceptors (Lipinski definition) is 7. The molecule has 10 nitrogen and oxygen atoms in total. The molecule has 7 rings (SSSR count). The van der Waals surface area contributed by atoms with Crippen LogP contribution in [0.1, 0.15) is 62.2 Å². The Labute approximate surface area is 245 Å². The molecule has 0 saturated carbocycles. The van der Waals surface area contributed by atoms with E-state index in [2.05, 4.69) is 0 Å². The highest BCUT2D eigenvalue weighted by Crippen LogP contribution is 2.47. The topological polar surface area (TPSA) is 142 Å². The van der Waals surface area contributed by atoms with Crippen molar-refractivity contribution in [2.75, 3.05) is 13.3 Å². The Bertz CT molecular complexity index is 2030. The lowest BCUT2D eigenvalue weighted by molar-refractivity contribution is 0.0231. The molecule has 1 unspecified atom stereocenters. The number of carbonyl (C=O) groups excluding carboxylic acids is 4. The van der Waals surface area contributed by atoms with Crippen molar-refractivity contribution >= 4 is 74.3 Å². The van der Waals surface area contributed by atoms with Gasteiger partial charge in [-0.1, -0.05) is 24.3 Å². The van der Waals surface area contributed by atoms with Crippen molar-refractivity contribution in [3.05, 3.63) is 70.8 Å². The van der Waals surface area contributed by atoms with E-state index < -0.39 is 38.2 Å². The Balaban J connectivity index is 1.49. The summed E-state index contributed by atoms with van der Waals surface area (Å²) >= 11 is 0. The van der Waals surface area contributed by atoms with Crippen molar-refractivity contribution in [1.29, 1.82) is 0 Å². The zero-order valence-electron chi connectivity index (χ0n) is 23.7. The van der Waals surface area contributed by atoms with E-state index in [1.165, 1.54) is 11.8 Å². The van der Waals surface area contributed by atoms with E-state index in [-0.39, 0.29) is 29.0 Å². The fourth-order valence-corrected chi connectivity index (χ4v) is 7.65. The monoisotopic (exact) mass is 598 g/mol.